The lowest BCUT2D eigenvalue weighted by Gasteiger charge is -2.22. The van der Waals surface area contributed by atoms with Crippen LogP contribution in [0.3, 0.4) is 0 Å². The quantitative estimate of drug-likeness (QED) is 0.405. The molecular formula is C28H35N5O2. The van der Waals surface area contributed by atoms with Crippen LogP contribution < -0.4 is 15.5 Å². The summed E-state index contributed by atoms with van der Waals surface area (Å²) in [4.78, 5) is 23.5. The van der Waals surface area contributed by atoms with E-state index in [1.54, 1.807) is 0 Å². The Balaban J connectivity index is 1.81. The molecule has 3 rings (SSSR count). The van der Waals surface area contributed by atoms with E-state index in [0.717, 1.165) is 56.2 Å². The molecule has 35 heavy (non-hydrogen) atoms. The van der Waals surface area contributed by atoms with Crippen molar-refractivity contribution in [3.63, 3.8) is 0 Å². The van der Waals surface area contributed by atoms with Gasteiger partial charge < -0.3 is 20.3 Å². The first-order valence-electron chi connectivity index (χ1n) is 12.1. The number of hydrogen-bond acceptors (Lipinski definition) is 6. The van der Waals surface area contributed by atoms with Gasteiger partial charge >= 0.3 is 0 Å². The number of carbonyl (C=O) groups excluding carboxylic acids is 1. The monoisotopic (exact) mass is 473 g/mol. The van der Waals surface area contributed by atoms with Crippen molar-refractivity contribution < 1.29 is 9.53 Å². The molecule has 0 atom stereocenters. The molecule has 2 heterocycles. The minimum atomic E-state index is -0.262. The van der Waals surface area contributed by atoms with Gasteiger partial charge in [-0.1, -0.05) is 31.7 Å². The summed E-state index contributed by atoms with van der Waals surface area (Å²) in [6.07, 6.45) is 15.1. The van der Waals surface area contributed by atoms with Gasteiger partial charge in [-0.25, -0.2) is 9.98 Å². The first kappa shape index (κ1) is 25.9. The van der Waals surface area contributed by atoms with Crippen LogP contribution in [0.5, 0.6) is 0 Å². The number of ether oxygens (including phenoxy) is 1. The van der Waals surface area contributed by atoms with Crippen LogP contribution in [-0.4, -0.2) is 43.9 Å². The molecule has 0 aliphatic carbocycles. The van der Waals surface area contributed by atoms with Gasteiger partial charge in [0.15, 0.2) is 0 Å². The highest BCUT2D eigenvalue weighted by Gasteiger charge is 2.12. The van der Waals surface area contributed by atoms with Gasteiger partial charge in [0.2, 0.25) is 11.9 Å². The third kappa shape index (κ3) is 8.54. The standard InChI is InChI=1S/C28H35N5O2/c1-4-7-10-23(30-27(34)6-3)13-14-25-19-22(5-2)21-29-28(32-25)31-24-11-8-12-26(20-24)33-15-9-17-35-18-16-33/h4,6-8,10-14,20-21H,3,5,9,15-19H2,1-2H3,(H,29,31)(H,30,34)/b7-4-,14-13+,23-10+. The Morgan fingerprint density at radius 2 is 2.17 bits per heavy atom. The average molecular weight is 474 g/mol. The first-order chi connectivity index (χ1) is 17.1. The van der Waals surface area contributed by atoms with Crippen molar-refractivity contribution in [3.05, 3.63) is 84.8 Å². The molecule has 0 spiro atoms. The van der Waals surface area contributed by atoms with Gasteiger partial charge in [-0.2, -0.15) is 0 Å². The molecule has 2 N–H and O–H groups in total. The lowest BCUT2D eigenvalue weighted by atomic mass is 10.1. The molecule has 0 radical (unpaired) electrons. The minimum absolute atomic E-state index is 0.262. The third-order valence-electron chi connectivity index (χ3n) is 5.55. The summed E-state index contributed by atoms with van der Waals surface area (Å²) >= 11 is 0. The van der Waals surface area contributed by atoms with Crippen LogP contribution in [-0.2, 0) is 9.53 Å². The SMILES string of the molecule is C=CC(=O)NC(/C=C/C1=NC(Nc2cccc(N3CCCOCC3)c2)=NC=C(CC)C1)=C/C=C\C. The largest absolute Gasteiger partial charge is 0.380 e. The van der Waals surface area contributed by atoms with Gasteiger partial charge in [0.25, 0.3) is 0 Å². The molecule has 2 aliphatic heterocycles. The number of nitrogens with zero attached hydrogens (tertiary/aromatic N) is 3. The summed E-state index contributed by atoms with van der Waals surface area (Å²) < 4.78 is 5.59. The van der Waals surface area contributed by atoms with E-state index in [1.165, 1.54) is 11.6 Å². The Bertz CT molecular complexity index is 1070. The zero-order chi connectivity index (χ0) is 24.9. The summed E-state index contributed by atoms with van der Waals surface area (Å²) in [6, 6.07) is 8.30. The fourth-order valence-electron chi connectivity index (χ4n) is 3.64. The van der Waals surface area contributed by atoms with E-state index < -0.39 is 0 Å². The predicted molar refractivity (Wildman–Crippen MR) is 146 cm³/mol. The maximum Gasteiger partial charge on any atom is 0.247 e. The molecule has 7 heteroatoms. The van der Waals surface area contributed by atoms with Crippen LogP contribution in [0, 0.1) is 0 Å². The van der Waals surface area contributed by atoms with Gasteiger partial charge in [-0.05, 0) is 67.8 Å². The Kier molecular flexibility index (Phi) is 10.3. The van der Waals surface area contributed by atoms with Gasteiger partial charge in [0, 0.05) is 55.1 Å². The molecule has 0 aromatic heterocycles. The molecule has 7 nitrogen and oxygen atoms in total. The lowest BCUT2D eigenvalue weighted by Crippen LogP contribution is -2.25. The normalized spacial score (nSPS) is 17.4. The van der Waals surface area contributed by atoms with Gasteiger partial charge in [0.1, 0.15) is 0 Å². The summed E-state index contributed by atoms with van der Waals surface area (Å²) in [5.41, 5.74) is 4.76. The summed E-state index contributed by atoms with van der Waals surface area (Å²) in [7, 11) is 0. The van der Waals surface area contributed by atoms with E-state index in [4.69, 9.17) is 9.73 Å². The molecule has 1 fully saturated rings. The van der Waals surface area contributed by atoms with E-state index in [2.05, 4.69) is 46.2 Å². The van der Waals surface area contributed by atoms with E-state index in [0.29, 0.717) is 18.1 Å². The van der Waals surface area contributed by atoms with Crippen molar-refractivity contribution in [1.29, 1.82) is 0 Å². The number of benzene rings is 1. The van der Waals surface area contributed by atoms with Gasteiger partial charge in [-0.15, -0.1) is 0 Å². The number of nitrogens with one attached hydrogen (secondary N) is 2. The van der Waals surface area contributed by atoms with Crippen LogP contribution in [0.15, 0.2) is 94.8 Å². The highest BCUT2D eigenvalue weighted by Crippen LogP contribution is 2.21. The highest BCUT2D eigenvalue weighted by atomic mass is 16.5. The van der Waals surface area contributed by atoms with Crippen molar-refractivity contribution >= 4 is 29.0 Å². The van der Waals surface area contributed by atoms with E-state index in [1.807, 2.05) is 55.6 Å². The van der Waals surface area contributed by atoms with E-state index in [-0.39, 0.29) is 5.91 Å². The Morgan fingerprint density at radius 3 is 2.97 bits per heavy atom. The summed E-state index contributed by atoms with van der Waals surface area (Å²) in [6.45, 7) is 11.0. The zero-order valence-electron chi connectivity index (χ0n) is 20.7. The number of aliphatic imine (C=N–C) groups is 2. The number of rotatable bonds is 8. The molecule has 0 saturated carbocycles. The fourth-order valence-corrected chi connectivity index (χ4v) is 3.64. The number of carbonyl (C=O) groups is 1. The molecular weight excluding hydrogens is 438 g/mol. The molecule has 1 amide bonds. The maximum absolute atomic E-state index is 11.8. The topological polar surface area (TPSA) is 78.3 Å². The highest BCUT2D eigenvalue weighted by molar-refractivity contribution is 6.09. The molecule has 0 bridgehead atoms. The van der Waals surface area contributed by atoms with Crippen molar-refractivity contribution in [2.75, 3.05) is 36.5 Å². The Labute approximate surface area is 208 Å². The first-order valence-corrected chi connectivity index (χ1v) is 12.1. The Hall–Kier alpha value is -3.71. The van der Waals surface area contributed by atoms with E-state index >= 15 is 0 Å². The molecule has 1 aromatic carbocycles. The second-order valence-electron chi connectivity index (χ2n) is 8.18. The smallest absolute Gasteiger partial charge is 0.247 e. The molecule has 1 aromatic rings. The fraction of sp³-hybridized carbons (Fsp3) is 0.321. The molecule has 2 aliphatic rings. The average Bonchev–Trinajstić information content (AvgIpc) is 3.27. The van der Waals surface area contributed by atoms with Crippen molar-refractivity contribution in [3.8, 4) is 0 Å². The molecule has 1 saturated heterocycles. The van der Waals surface area contributed by atoms with Crippen molar-refractivity contribution in [2.45, 2.75) is 33.1 Å². The number of hydrogen-bond donors (Lipinski definition) is 2. The van der Waals surface area contributed by atoms with Crippen LogP contribution in [0.1, 0.15) is 33.1 Å². The van der Waals surface area contributed by atoms with Gasteiger partial charge in [-0.3, -0.25) is 4.79 Å². The minimum Gasteiger partial charge on any atom is -0.380 e. The number of allylic oxidation sites excluding steroid dienone is 6. The summed E-state index contributed by atoms with van der Waals surface area (Å²) in [5.74, 6) is 0.265. The third-order valence-corrected chi connectivity index (χ3v) is 5.55. The molecule has 0 unspecified atom stereocenters. The molecule has 184 valence electrons. The zero-order valence-corrected chi connectivity index (χ0v) is 20.7. The Morgan fingerprint density at radius 1 is 1.29 bits per heavy atom. The van der Waals surface area contributed by atoms with E-state index in [9.17, 15) is 4.79 Å². The number of anilines is 2. The van der Waals surface area contributed by atoms with Crippen LogP contribution in [0.4, 0.5) is 11.4 Å². The van der Waals surface area contributed by atoms with Crippen LogP contribution >= 0.6 is 0 Å². The van der Waals surface area contributed by atoms with Crippen molar-refractivity contribution in [1.82, 2.24) is 5.32 Å². The van der Waals surface area contributed by atoms with Crippen LogP contribution in [0.2, 0.25) is 0 Å². The maximum atomic E-state index is 11.8. The number of amides is 1. The predicted octanol–water partition coefficient (Wildman–Crippen LogP) is 5.14. The van der Waals surface area contributed by atoms with Gasteiger partial charge in [0.05, 0.1) is 6.61 Å². The second kappa shape index (κ2) is 13.9. The summed E-state index contributed by atoms with van der Waals surface area (Å²) in [5, 5.41) is 6.18. The second-order valence-corrected chi connectivity index (χ2v) is 8.18. The van der Waals surface area contributed by atoms with Crippen molar-refractivity contribution in [2.24, 2.45) is 9.98 Å². The number of guanidine groups is 1. The van der Waals surface area contributed by atoms with Crippen LogP contribution in [0.25, 0.3) is 0 Å². The lowest BCUT2D eigenvalue weighted by molar-refractivity contribution is -0.115.